The van der Waals surface area contributed by atoms with Crippen LogP contribution in [0, 0.1) is 6.92 Å². The Morgan fingerprint density at radius 3 is 2.71 bits per heavy atom. The second-order valence-electron chi connectivity index (χ2n) is 3.92. The van der Waals surface area contributed by atoms with Crippen molar-refractivity contribution in [1.29, 1.82) is 0 Å². The Labute approximate surface area is 105 Å². The molecule has 0 aliphatic rings. The molecular formula is C13H15N3S. The number of rotatable bonds is 3. The average Bonchev–Trinajstić information content (AvgIpc) is 2.32. The van der Waals surface area contributed by atoms with E-state index in [2.05, 4.69) is 18.0 Å². The van der Waals surface area contributed by atoms with Crippen LogP contribution in [-0.2, 0) is 5.75 Å². The van der Waals surface area contributed by atoms with Crippen LogP contribution >= 0.6 is 11.8 Å². The van der Waals surface area contributed by atoms with Gasteiger partial charge in [-0.1, -0.05) is 12.1 Å². The predicted octanol–water partition coefficient (Wildman–Crippen LogP) is 2.85. The van der Waals surface area contributed by atoms with Gasteiger partial charge >= 0.3 is 0 Å². The van der Waals surface area contributed by atoms with E-state index in [0.29, 0.717) is 5.82 Å². The molecule has 88 valence electrons. The molecule has 1 aromatic heterocycles. The fourth-order valence-corrected chi connectivity index (χ4v) is 2.45. The van der Waals surface area contributed by atoms with E-state index in [9.17, 15) is 0 Å². The summed E-state index contributed by atoms with van der Waals surface area (Å²) in [6, 6.07) is 9.87. The van der Waals surface area contributed by atoms with Gasteiger partial charge in [-0.15, -0.1) is 11.8 Å². The van der Waals surface area contributed by atoms with Crippen molar-refractivity contribution in [1.82, 2.24) is 4.98 Å². The number of hydrogen-bond donors (Lipinski definition) is 2. The summed E-state index contributed by atoms with van der Waals surface area (Å²) < 4.78 is 0. The summed E-state index contributed by atoms with van der Waals surface area (Å²) in [5, 5.41) is 0. The fraction of sp³-hybridized carbons (Fsp3) is 0.154. The summed E-state index contributed by atoms with van der Waals surface area (Å²) in [7, 11) is 0. The highest BCUT2D eigenvalue weighted by Gasteiger charge is 2.01. The number of nitrogens with zero attached hydrogens (tertiary/aromatic N) is 1. The summed E-state index contributed by atoms with van der Waals surface area (Å²) >= 11 is 1.71. The van der Waals surface area contributed by atoms with Crippen molar-refractivity contribution in [3.63, 3.8) is 0 Å². The Kier molecular flexibility index (Phi) is 3.54. The first kappa shape index (κ1) is 11.8. The lowest BCUT2D eigenvalue weighted by Crippen LogP contribution is -1.92. The molecule has 3 nitrogen and oxygen atoms in total. The van der Waals surface area contributed by atoms with E-state index in [0.717, 1.165) is 21.9 Å². The minimum absolute atomic E-state index is 0.550. The predicted molar refractivity (Wildman–Crippen MR) is 73.8 cm³/mol. The van der Waals surface area contributed by atoms with E-state index in [1.165, 1.54) is 5.56 Å². The normalized spacial score (nSPS) is 10.4. The maximum atomic E-state index is 5.92. The van der Waals surface area contributed by atoms with Crippen LogP contribution in [0.1, 0.15) is 11.1 Å². The molecule has 0 bridgehead atoms. The molecule has 4 heteroatoms. The number of nitrogen functional groups attached to an aromatic ring is 2. The molecule has 0 radical (unpaired) electrons. The maximum Gasteiger partial charge on any atom is 0.123 e. The van der Waals surface area contributed by atoms with Crippen LogP contribution in [-0.4, -0.2) is 4.98 Å². The Bertz CT molecular complexity index is 509. The Morgan fingerprint density at radius 1 is 1.18 bits per heavy atom. The molecule has 0 atom stereocenters. The zero-order valence-corrected chi connectivity index (χ0v) is 10.5. The summed E-state index contributed by atoms with van der Waals surface area (Å²) in [5.74, 6) is 1.40. The molecule has 0 saturated carbocycles. The third kappa shape index (κ3) is 3.14. The van der Waals surface area contributed by atoms with Gasteiger partial charge in [0, 0.05) is 22.5 Å². The molecule has 2 rings (SSSR count). The van der Waals surface area contributed by atoms with Crippen LogP contribution < -0.4 is 11.5 Å². The minimum Gasteiger partial charge on any atom is -0.398 e. The van der Waals surface area contributed by atoms with E-state index >= 15 is 0 Å². The van der Waals surface area contributed by atoms with Crippen LogP contribution in [0.2, 0.25) is 0 Å². The number of thioether (sulfide) groups is 1. The van der Waals surface area contributed by atoms with Gasteiger partial charge in [-0.2, -0.15) is 0 Å². The molecule has 0 saturated heterocycles. The first-order valence-corrected chi connectivity index (χ1v) is 6.33. The van der Waals surface area contributed by atoms with Gasteiger partial charge in [0.15, 0.2) is 0 Å². The second-order valence-corrected chi connectivity index (χ2v) is 4.94. The van der Waals surface area contributed by atoms with Gasteiger partial charge in [-0.05, 0) is 36.2 Å². The molecule has 0 aliphatic carbocycles. The van der Waals surface area contributed by atoms with Crippen LogP contribution in [0.15, 0.2) is 41.4 Å². The maximum absolute atomic E-state index is 5.92. The second kappa shape index (κ2) is 5.10. The first-order valence-electron chi connectivity index (χ1n) is 5.34. The number of aryl methyl sites for hydroxylation is 1. The SMILES string of the molecule is Cc1ccc(N)c(SCc2ccc(N)nc2)c1. The van der Waals surface area contributed by atoms with Crippen molar-refractivity contribution < 1.29 is 0 Å². The number of pyridine rings is 1. The molecule has 0 spiro atoms. The van der Waals surface area contributed by atoms with Gasteiger partial charge in [-0.3, -0.25) is 0 Å². The zero-order valence-electron chi connectivity index (χ0n) is 9.68. The van der Waals surface area contributed by atoms with Crippen molar-refractivity contribution in [2.75, 3.05) is 11.5 Å². The van der Waals surface area contributed by atoms with E-state index in [4.69, 9.17) is 11.5 Å². The minimum atomic E-state index is 0.550. The molecule has 17 heavy (non-hydrogen) atoms. The smallest absolute Gasteiger partial charge is 0.123 e. The van der Waals surface area contributed by atoms with Gasteiger partial charge in [0.05, 0.1) is 0 Å². The van der Waals surface area contributed by atoms with Gasteiger partial charge in [-0.25, -0.2) is 4.98 Å². The summed E-state index contributed by atoms with van der Waals surface area (Å²) in [6.07, 6.45) is 1.80. The number of hydrogen-bond acceptors (Lipinski definition) is 4. The van der Waals surface area contributed by atoms with E-state index in [1.54, 1.807) is 18.0 Å². The van der Waals surface area contributed by atoms with Gasteiger partial charge < -0.3 is 11.5 Å². The molecule has 2 aromatic rings. The Balaban J connectivity index is 2.07. The summed E-state index contributed by atoms with van der Waals surface area (Å²) in [5.41, 5.74) is 14.6. The third-order valence-corrected chi connectivity index (χ3v) is 3.55. The zero-order chi connectivity index (χ0) is 12.3. The largest absolute Gasteiger partial charge is 0.398 e. The topological polar surface area (TPSA) is 64.9 Å². The van der Waals surface area contributed by atoms with Gasteiger partial charge in [0.25, 0.3) is 0 Å². The van der Waals surface area contributed by atoms with Gasteiger partial charge in [0.1, 0.15) is 5.82 Å². The third-order valence-electron chi connectivity index (χ3n) is 2.41. The van der Waals surface area contributed by atoms with Crippen molar-refractivity contribution in [2.45, 2.75) is 17.6 Å². The number of anilines is 2. The highest BCUT2D eigenvalue weighted by Crippen LogP contribution is 2.28. The van der Waals surface area contributed by atoms with Gasteiger partial charge in [0.2, 0.25) is 0 Å². The van der Waals surface area contributed by atoms with Crippen LogP contribution in [0.5, 0.6) is 0 Å². The molecule has 0 fully saturated rings. The van der Waals surface area contributed by atoms with Crippen molar-refractivity contribution in [2.24, 2.45) is 0 Å². The highest BCUT2D eigenvalue weighted by atomic mass is 32.2. The van der Waals surface area contributed by atoms with E-state index in [-0.39, 0.29) is 0 Å². The average molecular weight is 245 g/mol. The molecule has 0 aliphatic heterocycles. The summed E-state index contributed by atoms with van der Waals surface area (Å²) in [4.78, 5) is 5.18. The van der Waals surface area contributed by atoms with Crippen LogP contribution in [0.25, 0.3) is 0 Å². The molecule has 1 heterocycles. The monoisotopic (exact) mass is 245 g/mol. The van der Waals surface area contributed by atoms with Crippen molar-refractivity contribution in [3.05, 3.63) is 47.7 Å². The summed E-state index contributed by atoms with van der Waals surface area (Å²) in [6.45, 7) is 2.06. The number of nitrogens with two attached hydrogens (primary N) is 2. The lowest BCUT2D eigenvalue weighted by molar-refractivity contribution is 1.25. The molecule has 1 aromatic carbocycles. The molecule has 0 unspecified atom stereocenters. The fourth-order valence-electron chi connectivity index (χ4n) is 1.45. The highest BCUT2D eigenvalue weighted by molar-refractivity contribution is 7.98. The van der Waals surface area contributed by atoms with Crippen LogP contribution in [0.4, 0.5) is 11.5 Å². The standard InChI is InChI=1S/C13H15N3S/c1-9-2-4-11(14)12(6-9)17-8-10-3-5-13(15)16-7-10/h2-7H,8,14H2,1H3,(H2,15,16). The number of aromatic nitrogens is 1. The molecular weight excluding hydrogens is 230 g/mol. The van der Waals surface area contributed by atoms with E-state index < -0.39 is 0 Å². The Morgan fingerprint density at radius 2 is 2.00 bits per heavy atom. The van der Waals surface area contributed by atoms with E-state index in [1.807, 2.05) is 24.3 Å². The Hall–Kier alpha value is -1.68. The lowest BCUT2D eigenvalue weighted by atomic mass is 10.2. The lowest BCUT2D eigenvalue weighted by Gasteiger charge is -2.06. The van der Waals surface area contributed by atoms with Crippen LogP contribution in [0.3, 0.4) is 0 Å². The molecule has 4 N–H and O–H groups in total. The van der Waals surface area contributed by atoms with Crippen molar-refractivity contribution >= 4 is 23.3 Å². The van der Waals surface area contributed by atoms with Crippen molar-refractivity contribution in [3.8, 4) is 0 Å². The first-order chi connectivity index (χ1) is 8.15. The quantitative estimate of drug-likeness (QED) is 0.644. The number of benzene rings is 1. The molecule has 0 amide bonds.